The molecule has 1 atom stereocenters. The Morgan fingerprint density at radius 2 is 2.04 bits per heavy atom. The molecule has 0 spiro atoms. The van der Waals surface area contributed by atoms with Gasteiger partial charge in [-0.15, -0.1) is 24.8 Å². The zero-order chi connectivity index (χ0) is 17.3. The van der Waals surface area contributed by atoms with Crippen LogP contribution >= 0.6 is 24.8 Å². The lowest BCUT2D eigenvalue weighted by Crippen LogP contribution is -2.41. The Bertz CT molecular complexity index is 756. The second-order valence-corrected chi connectivity index (χ2v) is 5.70. The number of carbonyl (C=O) groups excluding carboxylic acids is 1. The number of alkyl halides is 4. The highest BCUT2D eigenvalue weighted by Gasteiger charge is 2.42. The molecule has 0 bridgehead atoms. The minimum atomic E-state index is -2.90. The van der Waals surface area contributed by atoms with E-state index >= 15 is 0 Å². The van der Waals surface area contributed by atoms with Crippen LogP contribution in [-0.2, 0) is 11.2 Å². The Balaban J connectivity index is 0.00000169. The van der Waals surface area contributed by atoms with E-state index in [1.807, 2.05) is 0 Å². The maximum absolute atomic E-state index is 13.3. The van der Waals surface area contributed by atoms with Crippen LogP contribution < -0.4 is 10.6 Å². The predicted molar refractivity (Wildman–Crippen MR) is 93.6 cm³/mol. The number of halogens is 6. The van der Waals surface area contributed by atoms with Crippen LogP contribution in [0.15, 0.2) is 24.3 Å². The smallest absolute Gasteiger partial charge is 0.320 e. The second-order valence-electron chi connectivity index (χ2n) is 5.70. The van der Waals surface area contributed by atoms with Crippen molar-refractivity contribution in [2.75, 3.05) is 13.1 Å². The average Bonchev–Trinajstić information content (AvgIpc) is 3.06. The number of imidazole rings is 1. The normalized spacial score (nSPS) is 18.4. The first-order valence-corrected chi connectivity index (χ1v) is 7.50. The molecule has 5 nitrogen and oxygen atoms in total. The van der Waals surface area contributed by atoms with Gasteiger partial charge in [-0.1, -0.05) is 12.1 Å². The summed E-state index contributed by atoms with van der Waals surface area (Å²) in [7, 11) is 0. The molecule has 2 N–H and O–H groups in total. The fraction of sp³-hybridized carbons (Fsp3) is 0.467. The van der Waals surface area contributed by atoms with Crippen LogP contribution in [0.1, 0.15) is 18.8 Å². The molecule has 2 heterocycles. The summed E-state index contributed by atoms with van der Waals surface area (Å²) in [5.41, 5.74) is 0.752. The van der Waals surface area contributed by atoms with E-state index in [4.69, 9.17) is 0 Å². The van der Waals surface area contributed by atoms with Crippen LogP contribution in [0.5, 0.6) is 0 Å². The van der Waals surface area contributed by atoms with Crippen molar-refractivity contribution >= 4 is 41.8 Å². The summed E-state index contributed by atoms with van der Waals surface area (Å²) in [6.45, 7) is -3.25. The van der Waals surface area contributed by atoms with Gasteiger partial charge in [0, 0.05) is 19.4 Å². The van der Waals surface area contributed by atoms with Crippen molar-refractivity contribution in [1.29, 1.82) is 0 Å². The molecule has 1 aromatic carbocycles. The number of aromatic nitrogens is 2. The van der Waals surface area contributed by atoms with E-state index in [0.29, 0.717) is 11.0 Å². The van der Waals surface area contributed by atoms with Crippen molar-refractivity contribution in [3.63, 3.8) is 0 Å². The summed E-state index contributed by atoms with van der Waals surface area (Å²) in [4.78, 5) is 16.0. The lowest BCUT2D eigenvalue weighted by atomic mass is 10.2. The van der Waals surface area contributed by atoms with E-state index in [0.717, 1.165) is 4.57 Å². The molecular weight excluding hydrogens is 399 g/mol. The van der Waals surface area contributed by atoms with Gasteiger partial charge in [0.25, 0.3) is 5.92 Å². The molecule has 3 rings (SSSR count). The highest BCUT2D eigenvalue weighted by molar-refractivity contribution is 5.85. The number of nitrogens with one attached hydrogen (secondary N) is 2. The maximum atomic E-state index is 13.3. The van der Waals surface area contributed by atoms with Gasteiger partial charge in [0.05, 0.1) is 23.6 Å². The Kier molecular flexibility index (Phi) is 7.67. The third-order valence-electron chi connectivity index (χ3n) is 3.94. The van der Waals surface area contributed by atoms with Crippen LogP contribution in [0.3, 0.4) is 0 Å². The summed E-state index contributed by atoms with van der Waals surface area (Å²) in [6.07, 6.45) is -0.484. The Hall–Kier alpha value is -1.58. The van der Waals surface area contributed by atoms with Crippen LogP contribution in [0.2, 0.25) is 0 Å². The molecule has 1 aromatic heterocycles. The van der Waals surface area contributed by atoms with Gasteiger partial charge in [0.1, 0.15) is 5.82 Å². The molecule has 1 amide bonds. The van der Waals surface area contributed by atoms with Gasteiger partial charge < -0.3 is 5.32 Å². The van der Waals surface area contributed by atoms with Crippen LogP contribution in [-0.4, -0.2) is 40.5 Å². The van der Waals surface area contributed by atoms with E-state index in [9.17, 15) is 22.4 Å². The van der Waals surface area contributed by atoms with Crippen molar-refractivity contribution < 1.29 is 22.4 Å². The van der Waals surface area contributed by atoms with Gasteiger partial charge in [0.2, 0.25) is 5.91 Å². The zero-order valence-electron chi connectivity index (χ0n) is 13.4. The Labute approximate surface area is 159 Å². The fourth-order valence-corrected chi connectivity index (χ4v) is 2.81. The van der Waals surface area contributed by atoms with Gasteiger partial charge in [-0.25, -0.2) is 13.8 Å². The summed E-state index contributed by atoms with van der Waals surface area (Å²) < 4.78 is 53.4. The molecule has 2 aromatic rings. The first-order valence-electron chi connectivity index (χ1n) is 7.50. The van der Waals surface area contributed by atoms with Gasteiger partial charge in [-0.2, -0.15) is 8.78 Å². The lowest BCUT2D eigenvalue weighted by Gasteiger charge is -2.12. The van der Waals surface area contributed by atoms with E-state index < -0.39 is 37.4 Å². The molecule has 146 valence electrons. The fourth-order valence-electron chi connectivity index (χ4n) is 2.81. The highest BCUT2D eigenvalue weighted by Crippen LogP contribution is 2.25. The van der Waals surface area contributed by atoms with Crippen molar-refractivity contribution in [2.24, 2.45) is 0 Å². The number of benzene rings is 1. The SMILES string of the molecule is Cl.Cl.O=C(NCCc1nc2ccccc2n1C(F)F)C1CC(F)(F)CN1. The summed E-state index contributed by atoms with van der Waals surface area (Å²) in [5, 5.41) is 4.93. The van der Waals surface area contributed by atoms with Crippen LogP contribution in [0.25, 0.3) is 11.0 Å². The van der Waals surface area contributed by atoms with Crippen LogP contribution in [0, 0.1) is 0 Å². The molecule has 26 heavy (non-hydrogen) atoms. The molecule has 1 saturated heterocycles. The molecule has 1 unspecified atom stereocenters. The van der Waals surface area contributed by atoms with E-state index in [1.165, 1.54) is 0 Å². The zero-order valence-corrected chi connectivity index (χ0v) is 15.1. The monoisotopic (exact) mass is 416 g/mol. The minimum absolute atomic E-state index is 0. The van der Waals surface area contributed by atoms with Crippen molar-refractivity contribution in [3.8, 4) is 0 Å². The second kappa shape index (κ2) is 8.88. The first-order chi connectivity index (χ1) is 11.4. The number of fused-ring (bicyclic) bond motifs is 1. The topological polar surface area (TPSA) is 59.0 Å². The number of amides is 1. The molecule has 11 heteroatoms. The van der Waals surface area contributed by atoms with Crippen molar-refractivity contribution in [2.45, 2.75) is 31.4 Å². The molecule has 0 radical (unpaired) electrons. The minimum Gasteiger partial charge on any atom is -0.354 e. The highest BCUT2D eigenvalue weighted by atomic mass is 35.5. The largest absolute Gasteiger partial charge is 0.354 e. The standard InChI is InChI=1S/C15H16F4N4O.2ClH/c16-14(17)23-11-4-2-1-3-9(11)22-12(23)5-6-20-13(24)10-7-15(18,19)8-21-10;;/h1-4,10,14,21H,5-8H2,(H,20,24);2*1H. The van der Waals surface area contributed by atoms with Gasteiger partial charge >= 0.3 is 6.55 Å². The number of para-hydroxylation sites is 2. The molecular formula is C15H18Cl2F4N4O. The predicted octanol–water partition coefficient (Wildman–Crippen LogP) is 2.93. The Morgan fingerprint density at radius 3 is 2.65 bits per heavy atom. The number of carbonyl (C=O) groups is 1. The Morgan fingerprint density at radius 1 is 1.35 bits per heavy atom. The maximum Gasteiger partial charge on any atom is 0.320 e. The molecule has 1 fully saturated rings. The number of hydrogen-bond donors (Lipinski definition) is 2. The summed E-state index contributed by atoms with van der Waals surface area (Å²) in [6, 6.07) is 5.54. The third kappa shape index (κ3) is 4.77. The average molecular weight is 417 g/mol. The van der Waals surface area contributed by atoms with E-state index in [2.05, 4.69) is 15.6 Å². The molecule has 0 saturated carbocycles. The van der Waals surface area contributed by atoms with Gasteiger partial charge in [0.15, 0.2) is 0 Å². The first kappa shape index (κ1) is 22.5. The van der Waals surface area contributed by atoms with Crippen LogP contribution in [0.4, 0.5) is 17.6 Å². The van der Waals surface area contributed by atoms with Crippen molar-refractivity contribution in [3.05, 3.63) is 30.1 Å². The number of nitrogens with zero attached hydrogens (tertiary/aromatic N) is 2. The summed E-state index contributed by atoms with van der Waals surface area (Å²) in [5.74, 6) is -3.32. The third-order valence-corrected chi connectivity index (χ3v) is 3.94. The molecule has 0 aliphatic carbocycles. The lowest BCUT2D eigenvalue weighted by molar-refractivity contribution is -0.123. The molecule has 1 aliphatic heterocycles. The van der Waals surface area contributed by atoms with E-state index in [1.54, 1.807) is 24.3 Å². The van der Waals surface area contributed by atoms with Gasteiger partial charge in [-0.05, 0) is 12.1 Å². The molecule has 1 aliphatic rings. The summed E-state index contributed by atoms with van der Waals surface area (Å²) >= 11 is 0. The van der Waals surface area contributed by atoms with Gasteiger partial charge in [-0.3, -0.25) is 14.7 Å². The quantitative estimate of drug-likeness (QED) is 0.736. The number of hydrogen-bond acceptors (Lipinski definition) is 3. The van der Waals surface area contributed by atoms with E-state index in [-0.39, 0.29) is 43.6 Å². The number of rotatable bonds is 5. The van der Waals surface area contributed by atoms with Crippen molar-refractivity contribution in [1.82, 2.24) is 20.2 Å².